The summed E-state index contributed by atoms with van der Waals surface area (Å²) in [6.07, 6.45) is 0.203. The molecule has 0 amide bonds. The van der Waals surface area contributed by atoms with Crippen LogP contribution < -0.4 is 0 Å². The molecule has 4 heteroatoms. The molecular formula is C12H16O3S. The van der Waals surface area contributed by atoms with Crippen molar-refractivity contribution in [3.8, 4) is 0 Å². The lowest BCUT2D eigenvalue weighted by atomic mass is 10.2. The fourth-order valence-electron chi connectivity index (χ4n) is 1.33. The Bertz CT molecular complexity index is 388. The molecule has 0 aliphatic rings. The van der Waals surface area contributed by atoms with Crippen LogP contribution in [0.2, 0.25) is 0 Å². The van der Waals surface area contributed by atoms with E-state index in [9.17, 15) is 9.00 Å². The summed E-state index contributed by atoms with van der Waals surface area (Å²) in [6.45, 7) is 4.05. The predicted molar refractivity (Wildman–Crippen MR) is 63.7 cm³/mol. The summed E-state index contributed by atoms with van der Waals surface area (Å²) in [5.41, 5.74) is 0.990. The monoisotopic (exact) mass is 240 g/mol. The second-order valence-corrected chi connectivity index (χ2v) is 4.91. The van der Waals surface area contributed by atoms with Crippen molar-refractivity contribution in [3.05, 3.63) is 29.8 Å². The molecule has 0 aliphatic carbocycles. The maximum atomic E-state index is 11.9. The fraction of sp³-hybridized carbons (Fsp3) is 0.417. The number of benzene rings is 1. The van der Waals surface area contributed by atoms with Gasteiger partial charge >= 0.3 is 5.97 Å². The number of ether oxygens (including phenoxy) is 1. The Kier molecular flexibility index (Phi) is 5.19. The summed E-state index contributed by atoms with van der Waals surface area (Å²) in [7, 11) is -1.12. The first-order valence-electron chi connectivity index (χ1n) is 5.24. The van der Waals surface area contributed by atoms with E-state index in [0.29, 0.717) is 12.4 Å². The van der Waals surface area contributed by atoms with Gasteiger partial charge < -0.3 is 4.74 Å². The van der Waals surface area contributed by atoms with Gasteiger partial charge in [-0.05, 0) is 25.5 Å². The van der Waals surface area contributed by atoms with Crippen LogP contribution in [0.25, 0.3) is 0 Å². The molecule has 1 rings (SSSR count). The van der Waals surface area contributed by atoms with E-state index in [0.717, 1.165) is 10.5 Å². The van der Waals surface area contributed by atoms with Crippen molar-refractivity contribution in [2.45, 2.75) is 25.2 Å². The summed E-state index contributed by atoms with van der Waals surface area (Å²) in [5, 5.41) is 0. The highest BCUT2D eigenvalue weighted by molar-refractivity contribution is 7.85. The van der Waals surface area contributed by atoms with Gasteiger partial charge in [-0.2, -0.15) is 0 Å². The minimum absolute atomic E-state index is 0.203. The molecular weight excluding hydrogens is 224 g/mol. The Morgan fingerprint density at radius 3 is 2.69 bits per heavy atom. The molecule has 0 saturated heterocycles. The minimum Gasteiger partial charge on any atom is -0.466 e. The zero-order chi connectivity index (χ0) is 12.0. The zero-order valence-corrected chi connectivity index (χ0v) is 10.4. The third kappa shape index (κ3) is 3.77. The van der Waals surface area contributed by atoms with E-state index in [1.807, 2.05) is 31.2 Å². The van der Waals surface area contributed by atoms with Crippen LogP contribution in [0.5, 0.6) is 0 Å². The summed E-state index contributed by atoms with van der Waals surface area (Å²) in [6, 6.07) is 7.50. The van der Waals surface area contributed by atoms with E-state index >= 15 is 0 Å². The fourth-order valence-corrected chi connectivity index (χ4v) is 2.56. The molecule has 0 N–H and O–H groups in total. The molecule has 0 heterocycles. The summed E-state index contributed by atoms with van der Waals surface area (Å²) < 4.78 is 16.7. The average Bonchev–Trinajstić information content (AvgIpc) is 2.27. The van der Waals surface area contributed by atoms with E-state index in [1.165, 1.54) is 0 Å². The molecule has 0 saturated carbocycles. The van der Waals surface area contributed by atoms with E-state index in [1.54, 1.807) is 6.92 Å². The largest absolute Gasteiger partial charge is 0.466 e. The Morgan fingerprint density at radius 1 is 1.38 bits per heavy atom. The maximum Gasteiger partial charge on any atom is 0.306 e. The second kappa shape index (κ2) is 6.43. The van der Waals surface area contributed by atoms with Gasteiger partial charge in [0.05, 0.1) is 23.8 Å². The molecule has 88 valence electrons. The molecule has 0 aromatic heterocycles. The quantitative estimate of drug-likeness (QED) is 0.740. The lowest BCUT2D eigenvalue weighted by molar-refractivity contribution is -0.142. The summed E-state index contributed by atoms with van der Waals surface area (Å²) in [5.74, 6) is 0.0355. The Balaban J connectivity index is 2.54. The smallest absolute Gasteiger partial charge is 0.306 e. The van der Waals surface area contributed by atoms with Crippen LogP contribution >= 0.6 is 0 Å². The van der Waals surface area contributed by atoms with Crippen molar-refractivity contribution in [2.24, 2.45) is 0 Å². The molecule has 1 unspecified atom stereocenters. The molecule has 3 nitrogen and oxygen atoms in total. The van der Waals surface area contributed by atoms with Crippen molar-refractivity contribution in [2.75, 3.05) is 12.4 Å². The third-order valence-corrected chi connectivity index (χ3v) is 3.66. The van der Waals surface area contributed by atoms with E-state index < -0.39 is 10.8 Å². The van der Waals surface area contributed by atoms with Crippen molar-refractivity contribution in [1.82, 2.24) is 0 Å². The van der Waals surface area contributed by atoms with Crippen LogP contribution in [-0.4, -0.2) is 22.5 Å². The van der Waals surface area contributed by atoms with Crippen molar-refractivity contribution >= 4 is 16.8 Å². The van der Waals surface area contributed by atoms with E-state index in [-0.39, 0.29) is 12.4 Å². The summed E-state index contributed by atoms with van der Waals surface area (Å²) in [4.78, 5) is 11.9. The Hall–Kier alpha value is -1.16. The zero-order valence-electron chi connectivity index (χ0n) is 9.56. The lowest BCUT2D eigenvalue weighted by Gasteiger charge is -2.05. The minimum atomic E-state index is -1.12. The van der Waals surface area contributed by atoms with Gasteiger partial charge in [-0.3, -0.25) is 9.00 Å². The van der Waals surface area contributed by atoms with Gasteiger partial charge in [-0.15, -0.1) is 0 Å². The first kappa shape index (κ1) is 12.9. The number of aryl methyl sites for hydroxylation is 1. The van der Waals surface area contributed by atoms with Gasteiger partial charge in [0.25, 0.3) is 0 Å². The van der Waals surface area contributed by atoms with Gasteiger partial charge in [0, 0.05) is 10.6 Å². The number of carbonyl (C=O) groups excluding carboxylic acids is 1. The normalized spacial score (nSPS) is 12.1. The van der Waals surface area contributed by atoms with Crippen molar-refractivity contribution in [1.29, 1.82) is 0 Å². The number of rotatable bonds is 5. The van der Waals surface area contributed by atoms with Gasteiger partial charge in [-0.25, -0.2) is 0 Å². The highest BCUT2D eigenvalue weighted by Gasteiger charge is 2.09. The SMILES string of the molecule is CCOC(=O)CCS(=O)c1ccccc1C. The molecule has 16 heavy (non-hydrogen) atoms. The van der Waals surface area contributed by atoms with Crippen LogP contribution in [0.1, 0.15) is 18.9 Å². The van der Waals surface area contributed by atoms with Crippen molar-refractivity contribution in [3.63, 3.8) is 0 Å². The van der Waals surface area contributed by atoms with Crippen LogP contribution in [0.15, 0.2) is 29.2 Å². The van der Waals surface area contributed by atoms with Gasteiger partial charge in [0.2, 0.25) is 0 Å². The standard InChI is InChI=1S/C12H16O3S/c1-3-15-12(13)8-9-16(14)11-7-5-4-6-10(11)2/h4-7H,3,8-9H2,1-2H3. The first-order valence-corrected chi connectivity index (χ1v) is 6.56. The van der Waals surface area contributed by atoms with Crippen LogP contribution in [0.3, 0.4) is 0 Å². The topological polar surface area (TPSA) is 43.4 Å². The van der Waals surface area contributed by atoms with Gasteiger partial charge in [-0.1, -0.05) is 18.2 Å². The van der Waals surface area contributed by atoms with Gasteiger partial charge in [0.1, 0.15) is 0 Å². The Labute approximate surface area is 98.3 Å². The van der Waals surface area contributed by atoms with Crippen molar-refractivity contribution < 1.29 is 13.7 Å². The Morgan fingerprint density at radius 2 is 2.06 bits per heavy atom. The molecule has 0 radical (unpaired) electrons. The summed E-state index contributed by atoms with van der Waals surface area (Å²) >= 11 is 0. The highest BCUT2D eigenvalue weighted by atomic mass is 32.2. The molecule has 0 bridgehead atoms. The number of hydrogen-bond acceptors (Lipinski definition) is 3. The molecule has 1 atom stereocenters. The lowest BCUT2D eigenvalue weighted by Crippen LogP contribution is -2.09. The predicted octanol–water partition coefficient (Wildman–Crippen LogP) is 2.06. The molecule has 1 aromatic carbocycles. The van der Waals surface area contributed by atoms with Crippen LogP contribution in [-0.2, 0) is 20.3 Å². The van der Waals surface area contributed by atoms with E-state index in [2.05, 4.69) is 0 Å². The van der Waals surface area contributed by atoms with Crippen LogP contribution in [0, 0.1) is 6.92 Å². The number of hydrogen-bond donors (Lipinski definition) is 0. The molecule has 1 aromatic rings. The molecule has 0 aliphatic heterocycles. The average molecular weight is 240 g/mol. The maximum absolute atomic E-state index is 11.9. The molecule has 0 spiro atoms. The third-order valence-electron chi connectivity index (χ3n) is 2.14. The van der Waals surface area contributed by atoms with Gasteiger partial charge in [0.15, 0.2) is 0 Å². The number of carbonyl (C=O) groups is 1. The number of esters is 1. The molecule has 0 fully saturated rings. The highest BCUT2D eigenvalue weighted by Crippen LogP contribution is 2.13. The second-order valence-electron chi connectivity index (χ2n) is 3.37. The first-order chi connectivity index (χ1) is 7.65. The van der Waals surface area contributed by atoms with E-state index in [4.69, 9.17) is 4.74 Å². The van der Waals surface area contributed by atoms with Crippen LogP contribution in [0.4, 0.5) is 0 Å².